The Hall–Kier alpha value is -10.5. The fraction of sp³-hybridized carbons (Fsp3) is 0.248. The summed E-state index contributed by atoms with van der Waals surface area (Å²) >= 11 is 0. The van der Waals surface area contributed by atoms with Gasteiger partial charge < -0.3 is 14.2 Å². The van der Waals surface area contributed by atoms with Crippen molar-refractivity contribution in [1.29, 1.82) is 0 Å². The number of benzene rings is 13. The lowest BCUT2D eigenvalue weighted by Gasteiger charge is -2.22. The molecular weight excluding hydrogens is 1260 g/mol. The van der Waals surface area contributed by atoms with E-state index < -0.39 is 0 Å². The van der Waals surface area contributed by atoms with E-state index in [1.54, 1.807) is 0 Å². The van der Waals surface area contributed by atoms with E-state index in [4.69, 9.17) is 14.2 Å². The Morgan fingerprint density at radius 3 is 1.18 bits per heavy atom. The van der Waals surface area contributed by atoms with Gasteiger partial charge in [-0.15, -0.1) is 0 Å². The van der Waals surface area contributed by atoms with Gasteiger partial charge in [0.2, 0.25) is 6.79 Å². The minimum Gasteiger partial charge on any atom is -0.457 e. The molecular formula is C101H120O3. The van der Waals surface area contributed by atoms with Crippen LogP contribution in [0.25, 0.3) is 10.8 Å². The molecule has 0 fully saturated rings. The smallest absolute Gasteiger partial charge is 0.231 e. The highest BCUT2D eigenvalue weighted by Gasteiger charge is 2.16. The van der Waals surface area contributed by atoms with Gasteiger partial charge in [0.05, 0.1) is 0 Å². The third kappa shape index (κ3) is 32.7. The normalized spacial score (nSPS) is 10.2. The zero-order valence-electron chi connectivity index (χ0n) is 63.6. The van der Waals surface area contributed by atoms with Crippen LogP contribution < -0.4 is 14.2 Å². The van der Waals surface area contributed by atoms with Crippen molar-refractivity contribution in [3.8, 4) is 23.0 Å². The predicted molar refractivity (Wildman–Crippen MR) is 454 cm³/mol. The highest BCUT2D eigenvalue weighted by molar-refractivity contribution is 5.85. The number of hydrogen-bond acceptors (Lipinski definition) is 3. The molecule has 542 valence electrons. The first-order valence-electron chi connectivity index (χ1n) is 36.4. The van der Waals surface area contributed by atoms with Crippen LogP contribution in [0, 0.1) is 48.5 Å². The largest absolute Gasteiger partial charge is 0.457 e. The maximum Gasteiger partial charge on any atom is 0.231 e. The number of para-hydroxylation sites is 1. The average Bonchev–Trinajstić information content (AvgIpc) is 0.899. The van der Waals surface area contributed by atoms with Gasteiger partial charge in [-0.3, -0.25) is 0 Å². The van der Waals surface area contributed by atoms with Crippen molar-refractivity contribution in [1.82, 2.24) is 0 Å². The van der Waals surface area contributed by atoms with Crippen molar-refractivity contribution in [3.63, 3.8) is 0 Å². The topological polar surface area (TPSA) is 27.7 Å². The lowest BCUT2D eigenvalue weighted by Crippen LogP contribution is -2.13. The fourth-order valence-electron chi connectivity index (χ4n) is 11.0. The van der Waals surface area contributed by atoms with Crippen LogP contribution in [0.5, 0.6) is 23.0 Å². The lowest BCUT2D eigenvalue weighted by molar-refractivity contribution is 0.174. The standard InChI is InChI=1S/C14H14.C13H12O.C13H12.C12H18.C11H10.C10H14.2C9H12.C8H8O2.2CH4/c1-12-7-5-6-10-14(12)11-13-8-3-2-4-9-13;1-11-7-9-13(10-8-11)14-12-5-3-2-4-6-12;1-3-7-12(8-4-1)11-13-9-5-2-6-10-13;1-9-7-6-8-11(10(9)2)12(3,4)5;1-9-5-4-7-10-6-2-3-8-11(9)10;1-3-9-5-7-10(4-2)8-6-9;1-3-9-6-4-8(2)5-7-9;1-2-6-9-7-4-3-5-8-9;1-6-2-3-7-8(4-6)10-5-9-7;;/h2-10H,11H2,1H3;2-10H,1H3;1-10H,11H2;6-8H,1-5H3;2-8H,1H3;5-8H,3-4H2,1-2H3;4-7H,3H2,1-2H3;3-5,7-8H,2,6H2,1H3;2-4H,5H2,1H3;2*1H4. The number of rotatable bonds is 11. The van der Waals surface area contributed by atoms with Crippen molar-refractivity contribution in [2.24, 2.45) is 0 Å². The summed E-state index contributed by atoms with van der Waals surface area (Å²) in [5.41, 5.74) is 22.3. The molecule has 0 atom stereocenters. The van der Waals surface area contributed by atoms with Crippen molar-refractivity contribution in [3.05, 3.63) is 417 Å². The maximum absolute atomic E-state index is 5.63. The molecule has 14 rings (SSSR count). The summed E-state index contributed by atoms with van der Waals surface area (Å²) in [4.78, 5) is 0. The molecule has 13 aromatic carbocycles. The molecule has 0 saturated carbocycles. The second kappa shape index (κ2) is 48.4. The predicted octanol–water partition coefficient (Wildman–Crippen LogP) is 28.4. The summed E-state index contributed by atoms with van der Waals surface area (Å²) in [7, 11) is 0. The maximum atomic E-state index is 5.63. The van der Waals surface area contributed by atoms with Gasteiger partial charge in [-0.1, -0.05) is 372 Å². The number of hydrogen-bond donors (Lipinski definition) is 0. The number of aryl methyl sites for hydroxylation is 10. The van der Waals surface area contributed by atoms with Crippen LogP contribution >= 0.6 is 0 Å². The van der Waals surface area contributed by atoms with Gasteiger partial charge in [0.1, 0.15) is 11.5 Å². The SMILES string of the molecule is C.C.CCCc1ccccc1.CCc1ccc(C)cc1.CCc1ccc(CC)cc1.Cc1ccc(Oc2ccccc2)cc1.Cc1ccc2c(c1)OCO2.Cc1cccc(C(C)(C)C)c1C.Cc1cccc2ccccc12.Cc1ccccc1Cc1ccccc1.c1ccc(Cc2ccccc2)cc1. The van der Waals surface area contributed by atoms with Crippen LogP contribution in [0.4, 0.5) is 0 Å². The van der Waals surface area contributed by atoms with Crippen molar-refractivity contribution >= 4 is 10.8 Å². The molecule has 0 radical (unpaired) electrons. The monoisotopic (exact) mass is 1380 g/mol. The van der Waals surface area contributed by atoms with E-state index in [2.05, 4.69) is 345 Å². The zero-order chi connectivity index (χ0) is 73.2. The highest BCUT2D eigenvalue weighted by Crippen LogP contribution is 2.32. The first-order valence-corrected chi connectivity index (χ1v) is 36.4. The van der Waals surface area contributed by atoms with Gasteiger partial charge in [0.15, 0.2) is 11.5 Å². The summed E-state index contributed by atoms with van der Waals surface area (Å²) in [5.74, 6) is 3.46. The Morgan fingerprint density at radius 2 is 0.702 bits per heavy atom. The molecule has 13 aromatic rings. The van der Waals surface area contributed by atoms with E-state index in [1.807, 2.05) is 79.7 Å². The van der Waals surface area contributed by atoms with Crippen LogP contribution in [0.1, 0.15) is 159 Å². The molecule has 1 aliphatic rings. The van der Waals surface area contributed by atoms with E-state index in [1.165, 1.54) is 113 Å². The average molecular weight is 1380 g/mol. The second-order valence-electron chi connectivity index (χ2n) is 26.7. The zero-order valence-corrected chi connectivity index (χ0v) is 63.6. The molecule has 0 spiro atoms. The Morgan fingerprint density at radius 1 is 0.317 bits per heavy atom. The molecule has 1 heterocycles. The van der Waals surface area contributed by atoms with Gasteiger partial charge in [-0.25, -0.2) is 0 Å². The number of ether oxygens (including phenoxy) is 3. The third-order valence-electron chi connectivity index (χ3n) is 17.3. The highest BCUT2D eigenvalue weighted by atomic mass is 16.7. The van der Waals surface area contributed by atoms with Gasteiger partial charge in [0, 0.05) is 0 Å². The molecule has 0 amide bonds. The fourth-order valence-corrected chi connectivity index (χ4v) is 11.0. The van der Waals surface area contributed by atoms with Gasteiger partial charge in [0.25, 0.3) is 0 Å². The van der Waals surface area contributed by atoms with Crippen LogP contribution in [-0.2, 0) is 43.9 Å². The quantitative estimate of drug-likeness (QED) is 0.129. The van der Waals surface area contributed by atoms with E-state index in [-0.39, 0.29) is 20.3 Å². The summed E-state index contributed by atoms with van der Waals surface area (Å²) in [6.07, 6.45) is 7.94. The Kier molecular flexibility index (Phi) is 40.0. The van der Waals surface area contributed by atoms with Crippen molar-refractivity contribution in [2.45, 2.75) is 162 Å². The summed E-state index contributed by atoms with van der Waals surface area (Å²) in [6.45, 7) is 30.8. The molecule has 0 unspecified atom stereocenters. The van der Waals surface area contributed by atoms with E-state index in [0.29, 0.717) is 6.79 Å². The van der Waals surface area contributed by atoms with Crippen LogP contribution in [0.2, 0.25) is 0 Å². The molecule has 0 aliphatic carbocycles. The molecule has 0 aromatic heterocycles. The Balaban J connectivity index is 0.000000248. The van der Waals surface area contributed by atoms with Gasteiger partial charge >= 0.3 is 0 Å². The number of fused-ring (bicyclic) bond motifs is 2. The second-order valence-corrected chi connectivity index (χ2v) is 26.7. The van der Waals surface area contributed by atoms with E-state index in [9.17, 15) is 0 Å². The van der Waals surface area contributed by atoms with Crippen LogP contribution in [-0.4, -0.2) is 6.79 Å². The minimum atomic E-state index is 0. The first-order chi connectivity index (χ1) is 49.4. The first kappa shape index (κ1) is 85.9. The molecule has 104 heavy (non-hydrogen) atoms. The molecule has 1 aliphatic heterocycles. The van der Waals surface area contributed by atoms with Crippen molar-refractivity contribution in [2.75, 3.05) is 6.79 Å². The molecule has 0 N–H and O–H groups in total. The lowest BCUT2D eigenvalue weighted by atomic mass is 9.83. The molecule has 0 saturated heterocycles. The summed E-state index contributed by atoms with van der Waals surface area (Å²) < 4.78 is 15.9. The Bertz CT molecular complexity index is 4280. The van der Waals surface area contributed by atoms with Gasteiger partial charge in [-0.05, 0) is 217 Å². The third-order valence-corrected chi connectivity index (χ3v) is 17.3. The summed E-state index contributed by atoms with van der Waals surface area (Å²) in [5, 5.41) is 2.68. The molecule has 3 nitrogen and oxygen atoms in total. The van der Waals surface area contributed by atoms with Crippen LogP contribution in [0.3, 0.4) is 0 Å². The summed E-state index contributed by atoms with van der Waals surface area (Å²) in [6, 6.07) is 113. The van der Waals surface area contributed by atoms with E-state index >= 15 is 0 Å². The Labute approximate surface area is 629 Å². The minimum absolute atomic E-state index is 0. The molecule has 3 heteroatoms. The van der Waals surface area contributed by atoms with Gasteiger partial charge in [-0.2, -0.15) is 0 Å². The van der Waals surface area contributed by atoms with Crippen LogP contribution in [0.15, 0.2) is 328 Å². The van der Waals surface area contributed by atoms with E-state index in [0.717, 1.165) is 55.1 Å². The molecule has 0 bridgehead atoms. The van der Waals surface area contributed by atoms with Crippen molar-refractivity contribution < 1.29 is 14.2 Å².